The van der Waals surface area contributed by atoms with E-state index in [0.29, 0.717) is 10.0 Å². The summed E-state index contributed by atoms with van der Waals surface area (Å²) in [6, 6.07) is 4.09. The number of hydrogen-bond acceptors (Lipinski definition) is 5. The average Bonchev–Trinajstić information content (AvgIpc) is 3.05. The topological polar surface area (TPSA) is 72.1 Å². The maximum Gasteiger partial charge on any atom is 0.266 e. The molecule has 104 valence electrons. The number of carbonyl (C=O) groups is 1. The number of aromatic nitrogens is 2. The van der Waals surface area contributed by atoms with E-state index < -0.39 is 0 Å². The van der Waals surface area contributed by atoms with Crippen LogP contribution >= 0.6 is 11.3 Å². The number of carbonyl (C=O) groups excluding carboxylic acids is 1. The van der Waals surface area contributed by atoms with Crippen molar-refractivity contribution < 1.29 is 4.79 Å². The monoisotopic (exact) mass is 288 g/mol. The molecule has 0 saturated carbocycles. The molecule has 0 radical (unpaired) electrons. The van der Waals surface area contributed by atoms with Gasteiger partial charge in [-0.05, 0) is 37.5 Å². The minimum Gasteiger partial charge on any atom is -0.375 e. The molecule has 20 heavy (non-hydrogen) atoms. The van der Waals surface area contributed by atoms with Gasteiger partial charge in [0.15, 0.2) is 5.13 Å². The van der Waals surface area contributed by atoms with Crippen LogP contribution in [0.4, 0.5) is 5.13 Å². The number of hydrogen-bond donors (Lipinski definition) is 1. The maximum absolute atomic E-state index is 12.7. The Hall–Kier alpha value is -1.95. The Morgan fingerprint density at radius 2 is 2.20 bits per heavy atom. The van der Waals surface area contributed by atoms with Gasteiger partial charge in [0.25, 0.3) is 5.91 Å². The highest BCUT2D eigenvalue weighted by Crippen LogP contribution is 2.34. The van der Waals surface area contributed by atoms with Gasteiger partial charge in [-0.2, -0.15) is 0 Å². The average molecular weight is 288 g/mol. The normalized spacial score (nSPS) is 18.4. The second-order valence-corrected chi connectivity index (χ2v) is 5.93. The van der Waals surface area contributed by atoms with E-state index in [1.807, 2.05) is 24.0 Å². The minimum atomic E-state index is 0.0380. The number of rotatable bonds is 2. The fraction of sp³-hybridized carbons (Fsp3) is 0.357. The van der Waals surface area contributed by atoms with Gasteiger partial charge in [0.2, 0.25) is 0 Å². The Balaban J connectivity index is 1.89. The summed E-state index contributed by atoms with van der Waals surface area (Å²) in [5.74, 6) is 0.0380. The van der Waals surface area contributed by atoms with Crippen LogP contribution in [0.1, 0.15) is 39.8 Å². The lowest BCUT2D eigenvalue weighted by Gasteiger charge is -2.24. The number of amides is 1. The molecule has 0 aliphatic carbocycles. The van der Waals surface area contributed by atoms with Crippen molar-refractivity contribution >= 4 is 22.4 Å². The number of aryl methyl sites for hydroxylation is 1. The maximum atomic E-state index is 12.7. The summed E-state index contributed by atoms with van der Waals surface area (Å²) in [7, 11) is 0. The summed E-state index contributed by atoms with van der Waals surface area (Å²) in [5, 5.41) is 0.450. The van der Waals surface area contributed by atoms with Gasteiger partial charge in [0.05, 0.1) is 11.7 Å². The first-order valence-electron chi connectivity index (χ1n) is 6.60. The Labute approximate surface area is 121 Å². The Morgan fingerprint density at radius 3 is 2.85 bits per heavy atom. The second-order valence-electron chi connectivity index (χ2n) is 4.90. The SMILES string of the molecule is Cc1nc(N)sc1C(=O)N1CCCC1c1ccncc1. The van der Waals surface area contributed by atoms with Crippen LogP contribution < -0.4 is 5.73 Å². The molecule has 1 amide bonds. The molecular formula is C14H16N4OS. The molecule has 1 aliphatic rings. The first-order chi connectivity index (χ1) is 9.66. The molecule has 1 aliphatic heterocycles. The molecule has 1 unspecified atom stereocenters. The predicted octanol–water partition coefficient (Wildman–Crippen LogP) is 2.41. The van der Waals surface area contributed by atoms with Gasteiger partial charge < -0.3 is 10.6 Å². The van der Waals surface area contributed by atoms with Crippen LogP contribution in [0, 0.1) is 6.92 Å². The molecule has 0 bridgehead atoms. The zero-order chi connectivity index (χ0) is 14.1. The third kappa shape index (κ3) is 2.27. The largest absolute Gasteiger partial charge is 0.375 e. The zero-order valence-electron chi connectivity index (χ0n) is 11.2. The molecule has 2 aromatic rings. The highest BCUT2D eigenvalue weighted by atomic mass is 32.1. The minimum absolute atomic E-state index is 0.0380. The third-order valence-corrected chi connectivity index (χ3v) is 4.59. The van der Waals surface area contributed by atoms with Crippen molar-refractivity contribution in [1.29, 1.82) is 0 Å². The molecule has 1 saturated heterocycles. The fourth-order valence-electron chi connectivity index (χ4n) is 2.69. The Bertz CT molecular complexity index is 625. The summed E-state index contributed by atoms with van der Waals surface area (Å²) in [6.45, 7) is 2.61. The van der Waals surface area contributed by atoms with E-state index in [0.717, 1.165) is 30.6 Å². The van der Waals surface area contributed by atoms with Crippen molar-refractivity contribution in [1.82, 2.24) is 14.9 Å². The second kappa shape index (κ2) is 5.20. The van der Waals surface area contributed by atoms with Crippen LogP contribution in [-0.2, 0) is 0 Å². The quantitative estimate of drug-likeness (QED) is 0.921. The van der Waals surface area contributed by atoms with E-state index in [4.69, 9.17) is 5.73 Å². The number of anilines is 1. The van der Waals surface area contributed by atoms with E-state index in [9.17, 15) is 4.79 Å². The summed E-state index contributed by atoms with van der Waals surface area (Å²) in [4.78, 5) is 23.4. The van der Waals surface area contributed by atoms with Crippen molar-refractivity contribution in [3.63, 3.8) is 0 Å². The Kier molecular flexibility index (Phi) is 3.40. The van der Waals surface area contributed by atoms with Gasteiger partial charge in [-0.3, -0.25) is 9.78 Å². The zero-order valence-corrected chi connectivity index (χ0v) is 12.1. The van der Waals surface area contributed by atoms with Gasteiger partial charge in [-0.25, -0.2) is 4.98 Å². The summed E-state index contributed by atoms with van der Waals surface area (Å²) in [6.07, 6.45) is 5.55. The number of pyridine rings is 1. The van der Waals surface area contributed by atoms with E-state index in [1.54, 1.807) is 12.4 Å². The molecule has 1 atom stereocenters. The van der Waals surface area contributed by atoms with Crippen LogP contribution in [0.15, 0.2) is 24.5 Å². The lowest BCUT2D eigenvalue weighted by molar-refractivity contribution is 0.0739. The molecule has 5 nitrogen and oxygen atoms in total. The van der Waals surface area contributed by atoms with E-state index >= 15 is 0 Å². The van der Waals surface area contributed by atoms with Gasteiger partial charge in [-0.1, -0.05) is 11.3 Å². The smallest absolute Gasteiger partial charge is 0.266 e. The summed E-state index contributed by atoms with van der Waals surface area (Å²) >= 11 is 1.27. The van der Waals surface area contributed by atoms with Crippen molar-refractivity contribution in [3.05, 3.63) is 40.7 Å². The summed E-state index contributed by atoms with van der Waals surface area (Å²) in [5.41, 5.74) is 7.55. The first-order valence-corrected chi connectivity index (χ1v) is 7.42. The third-order valence-electron chi connectivity index (χ3n) is 3.61. The molecule has 0 aromatic carbocycles. The van der Waals surface area contributed by atoms with Crippen LogP contribution in [0.5, 0.6) is 0 Å². The van der Waals surface area contributed by atoms with Crippen molar-refractivity contribution in [3.8, 4) is 0 Å². The highest BCUT2D eigenvalue weighted by molar-refractivity contribution is 7.17. The number of nitrogen functional groups attached to an aromatic ring is 1. The van der Waals surface area contributed by atoms with E-state index in [2.05, 4.69) is 9.97 Å². The van der Waals surface area contributed by atoms with Crippen LogP contribution in [0.25, 0.3) is 0 Å². The molecule has 3 heterocycles. The number of thiazole rings is 1. The van der Waals surface area contributed by atoms with Crippen molar-refractivity contribution in [2.75, 3.05) is 12.3 Å². The number of nitrogens with two attached hydrogens (primary N) is 1. The lowest BCUT2D eigenvalue weighted by atomic mass is 10.1. The Morgan fingerprint density at radius 1 is 1.45 bits per heavy atom. The molecule has 1 fully saturated rings. The van der Waals surface area contributed by atoms with Crippen LogP contribution in [0.2, 0.25) is 0 Å². The van der Waals surface area contributed by atoms with Gasteiger partial charge in [0.1, 0.15) is 4.88 Å². The molecule has 2 N–H and O–H groups in total. The number of nitrogens with zero attached hydrogens (tertiary/aromatic N) is 3. The molecule has 6 heteroatoms. The number of likely N-dealkylation sites (tertiary alicyclic amines) is 1. The van der Waals surface area contributed by atoms with E-state index in [-0.39, 0.29) is 11.9 Å². The van der Waals surface area contributed by atoms with Crippen molar-refractivity contribution in [2.24, 2.45) is 0 Å². The van der Waals surface area contributed by atoms with Gasteiger partial charge >= 0.3 is 0 Å². The fourth-order valence-corrected chi connectivity index (χ4v) is 3.48. The van der Waals surface area contributed by atoms with Crippen LogP contribution in [-0.4, -0.2) is 27.3 Å². The first kappa shape index (κ1) is 13.1. The van der Waals surface area contributed by atoms with Gasteiger partial charge in [0, 0.05) is 18.9 Å². The molecule has 2 aromatic heterocycles. The van der Waals surface area contributed by atoms with E-state index in [1.165, 1.54) is 11.3 Å². The lowest BCUT2D eigenvalue weighted by Crippen LogP contribution is -2.30. The molecule has 0 spiro atoms. The molecule has 3 rings (SSSR count). The van der Waals surface area contributed by atoms with Crippen LogP contribution in [0.3, 0.4) is 0 Å². The van der Waals surface area contributed by atoms with Gasteiger partial charge in [-0.15, -0.1) is 0 Å². The standard InChI is InChI=1S/C14H16N4OS/c1-9-12(20-14(15)17-9)13(19)18-8-2-3-11(18)10-4-6-16-7-5-10/h4-7,11H,2-3,8H2,1H3,(H2,15,17). The van der Waals surface area contributed by atoms with Crippen molar-refractivity contribution in [2.45, 2.75) is 25.8 Å². The predicted molar refractivity (Wildman–Crippen MR) is 78.5 cm³/mol. The highest BCUT2D eigenvalue weighted by Gasteiger charge is 2.32. The molecular weight excluding hydrogens is 272 g/mol. The summed E-state index contributed by atoms with van der Waals surface area (Å²) < 4.78 is 0.